The van der Waals surface area contributed by atoms with E-state index in [9.17, 15) is 9.59 Å². The molecule has 1 amide bonds. The Balaban J connectivity index is 2.42. The molecule has 2 N–H and O–H groups in total. The van der Waals surface area contributed by atoms with Gasteiger partial charge in [0.15, 0.2) is 0 Å². The van der Waals surface area contributed by atoms with Crippen LogP contribution in [0.25, 0.3) is 0 Å². The highest BCUT2D eigenvalue weighted by molar-refractivity contribution is 5.86. The van der Waals surface area contributed by atoms with Gasteiger partial charge in [0.1, 0.15) is 0 Å². The number of nitrogens with zero attached hydrogens (tertiary/aromatic N) is 1. The van der Waals surface area contributed by atoms with Crippen molar-refractivity contribution in [2.75, 3.05) is 32.8 Å². The Morgan fingerprint density at radius 1 is 1.59 bits per heavy atom. The number of rotatable bonds is 7. The van der Waals surface area contributed by atoms with Crippen molar-refractivity contribution in [2.45, 2.75) is 25.8 Å². The van der Waals surface area contributed by atoms with E-state index in [0.29, 0.717) is 32.8 Å². The number of hydrogen-bond donors (Lipinski definition) is 2. The van der Waals surface area contributed by atoms with Crippen LogP contribution < -0.4 is 5.32 Å². The highest BCUT2D eigenvalue weighted by Gasteiger charge is 2.31. The Bertz CT molecular complexity index is 270. The van der Waals surface area contributed by atoms with Gasteiger partial charge < -0.3 is 15.2 Å². The minimum absolute atomic E-state index is 0.153. The fourth-order valence-corrected chi connectivity index (χ4v) is 1.85. The lowest BCUT2D eigenvalue weighted by atomic mass is 10.1. The molecule has 0 bridgehead atoms. The second-order valence-corrected chi connectivity index (χ2v) is 4.05. The molecule has 6 heteroatoms. The van der Waals surface area contributed by atoms with Gasteiger partial charge in [-0.05, 0) is 6.42 Å². The summed E-state index contributed by atoms with van der Waals surface area (Å²) < 4.78 is 5.35. The quantitative estimate of drug-likeness (QED) is 0.600. The molecule has 1 fully saturated rings. The third kappa shape index (κ3) is 4.70. The lowest BCUT2D eigenvalue weighted by Gasteiger charge is -2.33. The van der Waals surface area contributed by atoms with Gasteiger partial charge in [0.2, 0.25) is 5.91 Å². The monoisotopic (exact) mass is 244 g/mol. The molecule has 0 spiro atoms. The minimum Gasteiger partial charge on any atom is -0.481 e. The number of piperazine rings is 1. The Morgan fingerprint density at radius 2 is 2.35 bits per heavy atom. The third-order valence-electron chi connectivity index (χ3n) is 2.68. The van der Waals surface area contributed by atoms with Crippen LogP contribution in [0.3, 0.4) is 0 Å². The van der Waals surface area contributed by atoms with Gasteiger partial charge in [-0.15, -0.1) is 0 Å². The maximum absolute atomic E-state index is 11.6. The Morgan fingerprint density at radius 3 is 3.00 bits per heavy atom. The van der Waals surface area contributed by atoms with E-state index in [1.807, 2.05) is 11.8 Å². The summed E-state index contributed by atoms with van der Waals surface area (Å²) in [7, 11) is 0. The topological polar surface area (TPSA) is 78.9 Å². The first kappa shape index (κ1) is 13.9. The first-order chi connectivity index (χ1) is 8.15. The number of carbonyl (C=O) groups excluding carboxylic acids is 1. The van der Waals surface area contributed by atoms with Crippen molar-refractivity contribution in [1.82, 2.24) is 10.2 Å². The number of carboxylic acid groups (broad SMARTS) is 1. The molecule has 1 atom stereocenters. The SMILES string of the molecule is CCCOCCN1CCNC(=O)C1CC(=O)O. The Labute approximate surface area is 101 Å². The van der Waals surface area contributed by atoms with E-state index in [2.05, 4.69) is 5.32 Å². The zero-order chi connectivity index (χ0) is 12.7. The number of ether oxygens (including phenoxy) is 1. The number of nitrogens with one attached hydrogen (secondary N) is 1. The van der Waals surface area contributed by atoms with Gasteiger partial charge >= 0.3 is 5.97 Å². The summed E-state index contributed by atoms with van der Waals surface area (Å²) in [4.78, 5) is 24.1. The summed E-state index contributed by atoms with van der Waals surface area (Å²) in [5.41, 5.74) is 0. The molecule has 1 unspecified atom stereocenters. The zero-order valence-corrected chi connectivity index (χ0v) is 10.1. The van der Waals surface area contributed by atoms with Crippen molar-refractivity contribution in [2.24, 2.45) is 0 Å². The van der Waals surface area contributed by atoms with Crippen molar-refractivity contribution >= 4 is 11.9 Å². The van der Waals surface area contributed by atoms with Crippen LogP contribution in [0.1, 0.15) is 19.8 Å². The van der Waals surface area contributed by atoms with E-state index in [0.717, 1.165) is 6.42 Å². The average molecular weight is 244 g/mol. The van der Waals surface area contributed by atoms with E-state index in [1.54, 1.807) is 0 Å². The number of carboxylic acids is 1. The van der Waals surface area contributed by atoms with E-state index in [1.165, 1.54) is 0 Å². The van der Waals surface area contributed by atoms with Gasteiger partial charge in [0, 0.05) is 26.2 Å². The minimum atomic E-state index is -0.952. The van der Waals surface area contributed by atoms with Crippen LogP contribution in [0.15, 0.2) is 0 Å². The summed E-state index contributed by atoms with van der Waals surface area (Å²) in [6.07, 6.45) is 0.804. The zero-order valence-electron chi connectivity index (χ0n) is 10.1. The second kappa shape index (κ2) is 7.24. The Hall–Kier alpha value is -1.14. The van der Waals surface area contributed by atoms with Gasteiger partial charge in [-0.3, -0.25) is 14.5 Å². The highest BCUT2D eigenvalue weighted by atomic mass is 16.5. The lowest BCUT2D eigenvalue weighted by Crippen LogP contribution is -2.56. The van der Waals surface area contributed by atoms with Gasteiger partial charge in [-0.1, -0.05) is 6.92 Å². The van der Waals surface area contributed by atoms with E-state index >= 15 is 0 Å². The molecular formula is C11H20N2O4. The van der Waals surface area contributed by atoms with Crippen LogP contribution in [0.4, 0.5) is 0 Å². The second-order valence-electron chi connectivity index (χ2n) is 4.05. The number of carbonyl (C=O) groups is 2. The summed E-state index contributed by atoms with van der Waals surface area (Å²) >= 11 is 0. The van der Waals surface area contributed by atoms with Crippen molar-refractivity contribution in [3.8, 4) is 0 Å². The summed E-state index contributed by atoms with van der Waals surface area (Å²) in [5, 5.41) is 11.5. The predicted molar refractivity (Wildman–Crippen MR) is 61.7 cm³/mol. The average Bonchev–Trinajstić information content (AvgIpc) is 2.28. The maximum Gasteiger partial charge on any atom is 0.305 e. The van der Waals surface area contributed by atoms with Crippen LogP contribution >= 0.6 is 0 Å². The van der Waals surface area contributed by atoms with E-state index < -0.39 is 12.0 Å². The molecule has 1 aliphatic heterocycles. The molecule has 0 aromatic carbocycles. The molecule has 6 nitrogen and oxygen atoms in total. The lowest BCUT2D eigenvalue weighted by molar-refractivity contribution is -0.143. The van der Waals surface area contributed by atoms with Gasteiger partial charge in [-0.2, -0.15) is 0 Å². The van der Waals surface area contributed by atoms with Gasteiger partial charge in [0.05, 0.1) is 19.1 Å². The first-order valence-electron chi connectivity index (χ1n) is 5.96. The molecule has 17 heavy (non-hydrogen) atoms. The van der Waals surface area contributed by atoms with E-state index in [-0.39, 0.29) is 12.3 Å². The predicted octanol–water partition coefficient (Wildman–Crippen LogP) is -0.312. The fourth-order valence-electron chi connectivity index (χ4n) is 1.85. The maximum atomic E-state index is 11.6. The molecular weight excluding hydrogens is 224 g/mol. The molecule has 0 radical (unpaired) electrons. The molecule has 1 aliphatic rings. The van der Waals surface area contributed by atoms with Crippen LogP contribution in [-0.4, -0.2) is 60.8 Å². The van der Waals surface area contributed by atoms with Gasteiger partial charge in [-0.25, -0.2) is 0 Å². The standard InChI is InChI=1S/C11H20N2O4/c1-2-6-17-7-5-13-4-3-12-11(16)9(13)8-10(14)15/h9H,2-8H2,1H3,(H,12,16)(H,14,15). The van der Waals surface area contributed by atoms with Crippen molar-refractivity contribution in [3.05, 3.63) is 0 Å². The Kier molecular flexibility index (Phi) is 5.93. The molecule has 0 aliphatic carbocycles. The van der Waals surface area contributed by atoms with Crippen LogP contribution in [0.2, 0.25) is 0 Å². The number of aliphatic carboxylic acids is 1. The fraction of sp³-hybridized carbons (Fsp3) is 0.818. The summed E-state index contributed by atoms with van der Waals surface area (Å²) in [6.45, 7) is 5.12. The first-order valence-corrected chi connectivity index (χ1v) is 5.96. The summed E-state index contributed by atoms with van der Waals surface area (Å²) in [5.74, 6) is -1.15. The van der Waals surface area contributed by atoms with Crippen LogP contribution in [0, 0.1) is 0 Å². The van der Waals surface area contributed by atoms with Crippen molar-refractivity contribution in [3.63, 3.8) is 0 Å². The molecule has 1 heterocycles. The smallest absolute Gasteiger partial charge is 0.305 e. The largest absolute Gasteiger partial charge is 0.481 e. The molecule has 0 aromatic rings. The van der Waals surface area contributed by atoms with E-state index in [4.69, 9.17) is 9.84 Å². The normalized spacial score (nSPS) is 21.2. The summed E-state index contributed by atoms with van der Waals surface area (Å²) in [6, 6.07) is -0.563. The van der Waals surface area contributed by atoms with Gasteiger partial charge in [0.25, 0.3) is 0 Å². The van der Waals surface area contributed by atoms with Crippen LogP contribution in [-0.2, 0) is 14.3 Å². The highest BCUT2D eigenvalue weighted by Crippen LogP contribution is 2.08. The molecule has 1 saturated heterocycles. The molecule has 0 saturated carbocycles. The number of amides is 1. The van der Waals surface area contributed by atoms with Crippen molar-refractivity contribution in [1.29, 1.82) is 0 Å². The van der Waals surface area contributed by atoms with Crippen LogP contribution in [0.5, 0.6) is 0 Å². The third-order valence-corrected chi connectivity index (χ3v) is 2.68. The molecule has 0 aromatic heterocycles. The molecule has 1 rings (SSSR count). The molecule has 98 valence electrons. The number of hydrogen-bond acceptors (Lipinski definition) is 4. The van der Waals surface area contributed by atoms with Crippen molar-refractivity contribution < 1.29 is 19.4 Å².